The van der Waals surface area contributed by atoms with E-state index in [0.29, 0.717) is 24.4 Å². The van der Waals surface area contributed by atoms with E-state index in [1.54, 1.807) is 37.7 Å². The molecule has 0 radical (unpaired) electrons. The molecule has 0 aromatic heterocycles. The van der Waals surface area contributed by atoms with Crippen LogP contribution in [0.3, 0.4) is 0 Å². The number of aliphatic imine (C=N–C) groups is 1. The zero-order chi connectivity index (χ0) is 31.9. The first-order valence-electron chi connectivity index (χ1n) is 13.6. The van der Waals surface area contributed by atoms with Crippen molar-refractivity contribution in [1.82, 2.24) is 0 Å². The molecule has 0 fully saturated rings. The van der Waals surface area contributed by atoms with Crippen molar-refractivity contribution in [2.75, 3.05) is 6.61 Å². The highest BCUT2D eigenvalue weighted by atomic mass is 16.5. The highest BCUT2D eigenvalue weighted by Crippen LogP contribution is 2.23. The topological polar surface area (TPSA) is 67.8 Å². The summed E-state index contributed by atoms with van der Waals surface area (Å²) in [6, 6.07) is 7.86. The van der Waals surface area contributed by atoms with E-state index in [9.17, 15) is 5.11 Å². The summed E-state index contributed by atoms with van der Waals surface area (Å²) < 4.78 is 5.52. The van der Waals surface area contributed by atoms with Gasteiger partial charge in [0.05, 0.1) is 30.7 Å². The Morgan fingerprint density at radius 1 is 1.14 bits per heavy atom. The zero-order valence-corrected chi connectivity index (χ0v) is 25.0. The van der Waals surface area contributed by atoms with Gasteiger partial charge in [0.1, 0.15) is 5.84 Å². The van der Waals surface area contributed by atoms with Gasteiger partial charge in [0.2, 0.25) is 0 Å². The molecule has 1 aliphatic heterocycles. The quantitative estimate of drug-likeness (QED) is 0.132. The second kappa shape index (κ2) is 21.3. The first kappa shape index (κ1) is 35.6. The van der Waals surface area contributed by atoms with Crippen molar-refractivity contribution in [3.8, 4) is 37.0 Å². The van der Waals surface area contributed by atoms with Gasteiger partial charge in [-0.25, -0.2) is 4.99 Å². The minimum absolute atomic E-state index is 0.0789. The van der Waals surface area contributed by atoms with Crippen molar-refractivity contribution in [1.29, 1.82) is 0 Å². The smallest absolute Gasteiger partial charge is 0.131 e. The van der Waals surface area contributed by atoms with E-state index in [0.717, 1.165) is 33.4 Å². The number of hydrogen-bond donors (Lipinski definition) is 2. The van der Waals surface area contributed by atoms with Crippen LogP contribution >= 0.6 is 0 Å². The average molecular weight is 569 g/mol. The average Bonchev–Trinajstić information content (AvgIpc) is 3.05. The van der Waals surface area contributed by atoms with E-state index in [1.165, 1.54) is 0 Å². The summed E-state index contributed by atoms with van der Waals surface area (Å²) in [5, 5.41) is 9.42. The van der Waals surface area contributed by atoms with Gasteiger partial charge in [-0.1, -0.05) is 103 Å². The number of aliphatic hydroxyl groups excluding tert-OH is 1. The minimum Gasteiger partial charge on any atom is -0.473 e. The highest BCUT2D eigenvalue weighted by Gasteiger charge is 2.10. The number of aryl methyl sites for hydroxylation is 1. The van der Waals surface area contributed by atoms with Crippen LogP contribution in [0, 0.1) is 49.9 Å². The van der Waals surface area contributed by atoms with Gasteiger partial charge in [-0.3, -0.25) is 0 Å². The number of benzene rings is 1. The van der Waals surface area contributed by atoms with Crippen molar-refractivity contribution < 1.29 is 9.84 Å². The Morgan fingerprint density at radius 3 is 2.56 bits per heavy atom. The molecule has 0 amide bonds. The monoisotopic (exact) mass is 568 g/mol. The molecule has 4 heteroatoms. The lowest BCUT2D eigenvalue weighted by atomic mass is 9.96. The molecule has 4 nitrogen and oxygen atoms in total. The summed E-state index contributed by atoms with van der Waals surface area (Å²) in [4.78, 5) is 4.84. The fraction of sp³-hybridized carbons (Fsp3) is 0.154. The van der Waals surface area contributed by atoms with Crippen LogP contribution in [-0.4, -0.2) is 17.5 Å². The third kappa shape index (κ3) is 14.1. The van der Waals surface area contributed by atoms with Crippen molar-refractivity contribution in [2.45, 2.75) is 26.7 Å². The maximum absolute atomic E-state index is 9.42. The molecule has 1 unspecified atom stereocenters. The largest absolute Gasteiger partial charge is 0.473 e. The van der Waals surface area contributed by atoms with Crippen LogP contribution in [0.2, 0.25) is 0 Å². The number of rotatable bonds is 10. The fourth-order valence-electron chi connectivity index (χ4n) is 3.62. The summed E-state index contributed by atoms with van der Waals surface area (Å²) in [5.74, 6) is 8.57. The van der Waals surface area contributed by atoms with E-state index < -0.39 is 0 Å². The third-order valence-corrected chi connectivity index (χ3v) is 5.79. The van der Waals surface area contributed by atoms with E-state index in [1.807, 2.05) is 79.8 Å². The first-order chi connectivity index (χ1) is 20.9. The van der Waals surface area contributed by atoms with Crippen LogP contribution in [0.1, 0.15) is 30.9 Å². The second-order valence-electron chi connectivity index (χ2n) is 9.09. The highest BCUT2D eigenvalue weighted by molar-refractivity contribution is 5.98. The Morgan fingerprint density at radius 2 is 1.88 bits per heavy atom. The van der Waals surface area contributed by atoms with E-state index in [4.69, 9.17) is 21.9 Å². The molecule has 1 aromatic rings. The van der Waals surface area contributed by atoms with Crippen molar-refractivity contribution in [2.24, 2.45) is 16.6 Å². The summed E-state index contributed by atoms with van der Waals surface area (Å²) in [7, 11) is 0. The van der Waals surface area contributed by atoms with Gasteiger partial charge in [-0.05, 0) is 62.1 Å². The minimum atomic E-state index is -0.308. The van der Waals surface area contributed by atoms with Crippen LogP contribution < -0.4 is 5.73 Å². The molecule has 43 heavy (non-hydrogen) atoms. The molecule has 0 saturated carbocycles. The molecule has 1 aliphatic rings. The van der Waals surface area contributed by atoms with Gasteiger partial charge >= 0.3 is 0 Å². The number of ether oxygens (including phenoxy) is 1. The van der Waals surface area contributed by atoms with Crippen LogP contribution in [0.4, 0.5) is 0 Å². The van der Waals surface area contributed by atoms with Gasteiger partial charge in [0, 0.05) is 11.1 Å². The van der Waals surface area contributed by atoms with Gasteiger partial charge in [-0.15, -0.1) is 25.2 Å². The third-order valence-electron chi connectivity index (χ3n) is 5.79. The zero-order valence-electron chi connectivity index (χ0n) is 25.0. The van der Waals surface area contributed by atoms with E-state index in [-0.39, 0.29) is 12.5 Å². The maximum atomic E-state index is 9.42. The summed E-state index contributed by atoms with van der Waals surface area (Å²) in [6.07, 6.45) is 38.5. The maximum Gasteiger partial charge on any atom is 0.131 e. The normalized spacial score (nSPS) is 19.3. The Balaban J connectivity index is 0.00000452. The van der Waals surface area contributed by atoms with Crippen LogP contribution in [0.5, 0.6) is 0 Å². The van der Waals surface area contributed by atoms with Gasteiger partial charge in [0.25, 0.3) is 0 Å². The van der Waals surface area contributed by atoms with Gasteiger partial charge in [0.15, 0.2) is 0 Å². The summed E-state index contributed by atoms with van der Waals surface area (Å²) in [6.45, 7) is 12.1. The summed E-state index contributed by atoms with van der Waals surface area (Å²) in [5.41, 5.74) is 12.3. The molecule has 0 saturated heterocycles. The molecule has 0 bridgehead atoms. The van der Waals surface area contributed by atoms with Crippen LogP contribution in [0.25, 0.3) is 0 Å². The molecule has 0 spiro atoms. The molecule has 1 aromatic carbocycles. The van der Waals surface area contributed by atoms with Crippen LogP contribution in [0.15, 0.2) is 150 Å². The van der Waals surface area contributed by atoms with Crippen molar-refractivity contribution in [3.05, 3.63) is 156 Å². The van der Waals surface area contributed by atoms with Crippen molar-refractivity contribution >= 4 is 5.84 Å². The molecular formula is C39H40N2O2. The Bertz CT molecular complexity index is 1500. The lowest BCUT2D eigenvalue weighted by molar-refractivity contribution is 0.342. The number of terminal acetylenes is 2. The predicted molar refractivity (Wildman–Crippen MR) is 183 cm³/mol. The number of nitrogens with zero attached hydrogens (tertiary/aromatic N) is 1. The molecule has 1 atom stereocenters. The summed E-state index contributed by atoms with van der Waals surface area (Å²) >= 11 is 0. The SMILES string of the molecule is C#C.C#CC1/C=C\C=C/O\C=C/C(C(=C/CC(/C=C\CO)=C/C(=C)C/C=C\C#CC)/N=C(N)c2ccc(C)cc2)=C\C1=C. The molecular weight excluding hydrogens is 528 g/mol. The number of aliphatic hydroxyl groups is 1. The Labute approximate surface area is 258 Å². The lowest BCUT2D eigenvalue weighted by Gasteiger charge is -2.11. The number of nitrogens with two attached hydrogens (primary N) is 1. The molecule has 0 aliphatic carbocycles. The van der Waals surface area contributed by atoms with Gasteiger partial charge in [-0.2, -0.15) is 0 Å². The molecule has 3 N–H and O–H groups in total. The van der Waals surface area contributed by atoms with Crippen LogP contribution in [-0.2, 0) is 4.74 Å². The lowest BCUT2D eigenvalue weighted by Crippen LogP contribution is -2.14. The predicted octanol–water partition coefficient (Wildman–Crippen LogP) is 7.57. The van der Waals surface area contributed by atoms with Crippen molar-refractivity contribution in [3.63, 3.8) is 0 Å². The second-order valence-corrected chi connectivity index (χ2v) is 9.09. The molecule has 2 rings (SSSR count). The Hall–Kier alpha value is -5.47. The fourth-order valence-corrected chi connectivity index (χ4v) is 3.62. The number of allylic oxidation sites excluding steroid dienone is 13. The first-order valence-corrected chi connectivity index (χ1v) is 13.6. The van der Waals surface area contributed by atoms with E-state index in [2.05, 4.69) is 43.8 Å². The standard InChI is InChI=1S/C37H38N2O2.C2H2/c1-6-8-9-10-14-30(4)27-32(15-13-24-40)19-22-36(39-37(38)34-20-17-29(3)18-21-34)35-23-26-41-25-12-11-16-33(7-2)31(5)28-35;1-2/h2,9-13,15-18,20-23,25-28,33,40H,4-5,14,19,24H2,1,3H3,(H2,38,39);1-2H/b10-9-,15-13-,16-11-,25-12-,26-23-,32-27+,35-28+,36-22-;. The van der Waals surface area contributed by atoms with Gasteiger partial charge < -0.3 is 15.6 Å². The molecule has 218 valence electrons. The number of amidine groups is 1. The molecule has 1 heterocycles. The van der Waals surface area contributed by atoms with E-state index >= 15 is 0 Å². The number of hydrogen-bond acceptors (Lipinski definition) is 3. The Kier molecular flexibility index (Phi) is 17.6.